The molecule has 0 aromatic carbocycles. The van der Waals surface area contributed by atoms with Crippen molar-refractivity contribution in [2.24, 2.45) is 0 Å². The highest BCUT2D eigenvalue weighted by molar-refractivity contribution is 5.70. The molecular formula is C47H86O5. The summed E-state index contributed by atoms with van der Waals surface area (Å²) >= 11 is 0. The molecule has 0 aromatic heterocycles. The molecule has 1 atom stereocenters. The van der Waals surface area contributed by atoms with Crippen LogP contribution in [-0.4, -0.2) is 36.4 Å². The Morgan fingerprint density at radius 3 is 1.25 bits per heavy atom. The lowest BCUT2D eigenvalue weighted by Gasteiger charge is -2.15. The minimum Gasteiger partial charge on any atom is -0.462 e. The van der Waals surface area contributed by atoms with Crippen LogP contribution in [0.25, 0.3) is 0 Å². The van der Waals surface area contributed by atoms with E-state index < -0.39 is 6.10 Å². The van der Waals surface area contributed by atoms with Gasteiger partial charge in [0, 0.05) is 12.8 Å². The van der Waals surface area contributed by atoms with Gasteiger partial charge < -0.3 is 14.6 Å². The Hall–Kier alpha value is -1.88. The van der Waals surface area contributed by atoms with Gasteiger partial charge in [-0.15, -0.1) is 0 Å². The van der Waals surface area contributed by atoms with Crippen LogP contribution in [0, 0.1) is 0 Å². The van der Waals surface area contributed by atoms with Gasteiger partial charge in [-0.25, -0.2) is 0 Å². The minimum atomic E-state index is -0.776. The molecule has 0 fully saturated rings. The van der Waals surface area contributed by atoms with Crippen LogP contribution >= 0.6 is 0 Å². The highest BCUT2D eigenvalue weighted by Gasteiger charge is 2.16. The van der Waals surface area contributed by atoms with Crippen molar-refractivity contribution in [3.05, 3.63) is 36.5 Å². The second-order valence-corrected chi connectivity index (χ2v) is 15.1. The Morgan fingerprint density at radius 2 is 0.827 bits per heavy atom. The maximum atomic E-state index is 12.2. The van der Waals surface area contributed by atoms with Gasteiger partial charge in [-0.1, -0.05) is 211 Å². The fourth-order valence-electron chi connectivity index (χ4n) is 6.57. The maximum Gasteiger partial charge on any atom is 0.306 e. The van der Waals surface area contributed by atoms with Crippen LogP contribution in [0.1, 0.15) is 232 Å². The van der Waals surface area contributed by atoms with Gasteiger partial charge >= 0.3 is 11.9 Å². The standard InChI is InChI=1S/C47H86O5/c1-3-5-7-9-11-13-15-17-19-20-21-22-23-24-25-26-28-30-32-34-36-38-40-42-47(50)52-45(43-48)44-51-46(49)41-39-37-35-33-31-29-27-18-16-14-12-10-8-6-4-2/h6,8,12,14,18,27,45,48H,3-5,7,9-11,13,15-17,19-26,28-44H2,1-2H3/b8-6+,14-12+,27-18+/t45-/m0/s1. The Kier molecular flexibility index (Phi) is 42.0. The molecule has 52 heavy (non-hydrogen) atoms. The molecule has 5 nitrogen and oxygen atoms in total. The molecule has 0 saturated carbocycles. The second-order valence-electron chi connectivity index (χ2n) is 15.1. The van der Waals surface area contributed by atoms with E-state index in [1.807, 2.05) is 0 Å². The maximum absolute atomic E-state index is 12.2. The molecule has 0 aliphatic rings. The number of unbranched alkanes of at least 4 members (excludes halogenated alkanes) is 27. The summed E-state index contributed by atoms with van der Waals surface area (Å²) in [5.41, 5.74) is 0. The van der Waals surface area contributed by atoms with Crippen LogP contribution in [0.5, 0.6) is 0 Å². The summed E-state index contributed by atoms with van der Waals surface area (Å²) < 4.78 is 10.6. The molecule has 0 bridgehead atoms. The number of rotatable bonds is 41. The van der Waals surface area contributed by atoms with E-state index in [-0.39, 0.29) is 25.2 Å². The predicted molar refractivity (Wildman–Crippen MR) is 224 cm³/mol. The highest BCUT2D eigenvalue weighted by atomic mass is 16.6. The number of carbonyl (C=O) groups excluding carboxylic acids is 2. The molecule has 0 saturated heterocycles. The molecule has 304 valence electrons. The zero-order chi connectivity index (χ0) is 37.8. The van der Waals surface area contributed by atoms with Crippen LogP contribution in [0.4, 0.5) is 0 Å². The third-order valence-electron chi connectivity index (χ3n) is 9.95. The van der Waals surface area contributed by atoms with Crippen molar-refractivity contribution in [3.63, 3.8) is 0 Å². The Balaban J connectivity index is 3.49. The van der Waals surface area contributed by atoms with E-state index in [1.165, 1.54) is 141 Å². The lowest BCUT2D eigenvalue weighted by Crippen LogP contribution is -2.28. The largest absolute Gasteiger partial charge is 0.462 e. The number of hydrogen-bond acceptors (Lipinski definition) is 5. The van der Waals surface area contributed by atoms with Gasteiger partial charge in [-0.2, -0.15) is 0 Å². The van der Waals surface area contributed by atoms with Gasteiger partial charge in [0.2, 0.25) is 0 Å². The molecule has 0 aliphatic carbocycles. The first-order valence-electron chi connectivity index (χ1n) is 22.5. The van der Waals surface area contributed by atoms with E-state index in [2.05, 4.69) is 50.3 Å². The van der Waals surface area contributed by atoms with Crippen molar-refractivity contribution in [1.29, 1.82) is 0 Å². The van der Waals surface area contributed by atoms with Gasteiger partial charge in [-0.05, 0) is 44.9 Å². The SMILES string of the molecule is CC/C=C/C/C=C/C/C=C/CCCCCCCC(=O)OC[C@H](CO)OC(=O)CCCCCCCCCCCCCCCCCCCCCCCCC. The second kappa shape index (κ2) is 43.5. The molecule has 0 aliphatic heterocycles. The minimum absolute atomic E-state index is 0.0720. The fourth-order valence-corrected chi connectivity index (χ4v) is 6.57. The summed E-state index contributed by atoms with van der Waals surface area (Å²) in [4.78, 5) is 24.3. The van der Waals surface area contributed by atoms with Crippen LogP contribution < -0.4 is 0 Å². The van der Waals surface area contributed by atoms with Crippen molar-refractivity contribution in [1.82, 2.24) is 0 Å². The summed E-state index contributed by atoms with van der Waals surface area (Å²) in [7, 11) is 0. The molecule has 0 spiro atoms. The smallest absolute Gasteiger partial charge is 0.306 e. The van der Waals surface area contributed by atoms with Crippen LogP contribution in [0.3, 0.4) is 0 Å². The van der Waals surface area contributed by atoms with Crippen molar-refractivity contribution < 1.29 is 24.2 Å². The quantitative estimate of drug-likeness (QED) is 0.0385. The number of aliphatic hydroxyl groups is 1. The van der Waals surface area contributed by atoms with E-state index in [0.29, 0.717) is 12.8 Å². The molecule has 0 radical (unpaired) electrons. The Bertz CT molecular complexity index is 832. The topological polar surface area (TPSA) is 72.8 Å². The number of allylic oxidation sites excluding steroid dienone is 6. The molecule has 0 amide bonds. The van der Waals surface area contributed by atoms with E-state index in [9.17, 15) is 14.7 Å². The fraction of sp³-hybridized carbons (Fsp3) is 0.830. The third kappa shape index (κ3) is 40.9. The zero-order valence-electron chi connectivity index (χ0n) is 34.6. The summed E-state index contributed by atoms with van der Waals surface area (Å²) in [5, 5.41) is 9.58. The molecule has 1 N–H and O–H groups in total. The summed E-state index contributed by atoms with van der Waals surface area (Å²) in [5.74, 6) is -0.602. The van der Waals surface area contributed by atoms with Crippen molar-refractivity contribution in [3.8, 4) is 0 Å². The van der Waals surface area contributed by atoms with E-state index in [1.54, 1.807) is 0 Å². The first-order valence-corrected chi connectivity index (χ1v) is 22.5. The van der Waals surface area contributed by atoms with Gasteiger partial charge in [-0.3, -0.25) is 9.59 Å². The van der Waals surface area contributed by atoms with Crippen molar-refractivity contribution >= 4 is 11.9 Å². The van der Waals surface area contributed by atoms with Gasteiger partial charge in [0.25, 0.3) is 0 Å². The highest BCUT2D eigenvalue weighted by Crippen LogP contribution is 2.16. The monoisotopic (exact) mass is 731 g/mol. The first kappa shape index (κ1) is 50.1. The molecule has 5 heteroatoms. The third-order valence-corrected chi connectivity index (χ3v) is 9.95. The summed E-state index contributed by atoms with van der Waals surface area (Å²) in [6.45, 7) is 4.03. The van der Waals surface area contributed by atoms with Crippen molar-refractivity contribution in [2.45, 2.75) is 238 Å². The molecule has 0 rings (SSSR count). The average Bonchev–Trinajstić information content (AvgIpc) is 3.15. The molecule has 0 aromatic rings. The molecule has 0 heterocycles. The number of hydrogen-bond donors (Lipinski definition) is 1. The van der Waals surface area contributed by atoms with Gasteiger partial charge in [0.1, 0.15) is 6.61 Å². The normalized spacial score (nSPS) is 12.4. The Morgan fingerprint density at radius 1 is 0.462 bits per heavy atom. The van der Waals surface area contributed by atoms with Crippen LogP contribution in [0.15, 0.2) is 36.5 Å². The zero-order valence-corrected chi connectivity index (χ0v) is 34.6. The number of aliphatic hydroxyl groups excluding tert-OH is 1. The van der Waals surface area contributed by atoms with E-state index in [4.69, 9.17) is 9.47 Å². The summed E-state index contributed by atoms with van der Waals surface area (Å²) in [6, 6.07) is 0. The average molecular weight is 731 g/mol. The van der Waals surface area contributed by atoms with E-state index >= 15 is 0 Å². The molecule has 0 unspecified atom stereocenters. The Labute approximate surface area is 323 Å². The first-order chi connectivity index (χ1) is 25.6. The van der Waals surface area contributed by atoms with Gasteiger partial charge in [0.15, 0.2) is 6.10 Å². The summed E-state index contributed by atoms with van der Waals surface area (Å²) in [6.07, 6.45) is 53.7. The van der Waals surface area contributed by atoms with Gasteiger partial charge in [0.05, 0.1) is 6.61 Å². The predicted octanol–water partition coefficient (Wildman–Crippen LogP) is 14.4. The lowest BCUT2D eigenvalue weighted by molar-refractivity contribution is -0.161. The van der Waals surface area contributed by atoms with E-state index in [0.717, 1.165) is 64.2 Å². The lowest BCUT2D eigenvalue weighted by atomic mass is 10.0. The van der Waals surface area contributed by atoms with Crippen LogP contribution in [0.2, 0.25) is 0 Å². The van der Waals surface area contributed by atoms with Crippen LogP contribution in [-0.2, 0) is 19.1 Å². The number of carbonyl (C=O) groups is 2. The number of ether oxygens (including phenoxy) is 2. The van der Waals surface area contributed by atoms with Crippen molar-refractivity contribution in [2.75, 3.05) is 13.2 Å². The number of esters is 2. The molecular weight excluding hydrogens is 645 g/mol.